The predicted octanol–water partition coefficient (Wildman–Crippen LogP) is 4.90. The molecule has 6 nitrogen and oxygen atoms in total. The van der Waals surface area contributed by atoms with Crippen LogP contribution < -0.4 is 0 Å². The number of nitrogens with one attached hydrogen (secondary N) is 1. The molecule has 3 heterocycles. The summed E-state index contributed by atoms with van der Waals surface area (Å²) in [5.74, 6) is -0.319. The van der Waals surface area contributed by atoms with Crippen molar-refractivity contribution in [1.82, 2.24) is 9.58 Å². The molecule has 0 radical (unpaired) electrons. The van der Waals surface area contributed by atoms with Crippen LogP contribution in [0.1, 0.15) is 43.0 Å². The van der Waals surface area contributed by atoms with Gasteiger partial charge in [0.1, 0.15) is 5.04 Å². The van der Waals surface area contributed by atoms with Crippen LogP contribution >= 0.6 is 11.8 Å². The van der Waals surface area contributed by atoms with Gasteiger partial charge in [0.15, 0.2) is 5.84 Å². The standard InChI is InChI=1S/C22H23N5OS/c1-4-5-8-19-25-27-20(23)18(21(28)24-22(27)29-19)13-16-7-6-11-26(16)17-10-9-14(2)15(3)12-17/h6-7,9-13,23H,4-5,8H2,1-3H3/b18-13-,23-20?. The monoisotopic (exact) mass is 405 g/mol. The van der Waals surface area contributed by atoms with Crippen molar-refractivity contribution >= 4 is 39.8 Å². The summed E-state index contributed by atoms with van der Waals surface area (Å²) in [6, 6.07) is 10.1. The van der Waals surface area contributed by atoms with Crippen molar-refractivity contribution in [2.45, 2.75) is 40.0 Å². The number of aryl methyl sites for hydroxylation is 2. The van der Waals surface area contributed by atoms with Crippen LogP contribution in [0.5, 0.6) is 0 Å². The van der Waals surface area contributed by atoms with E-state index in [1.807, 2.05) is 22.9 Å². The number of carbonyl (C=O) groups is 1. The summed E-state index contributed by atoms with van der Waals surface area (Å²) in [6.07, 6.45) is 6.62. The van der Waals surface area contributed by atoms with E-state index in [2.05, 4.69) is 49.1 Å². The molecular formula is C22H23N5OS. The highest BCUT2D eigenvalue weighted by Gasteiger charge is 2.35. The Morgan fingerprint density at radius 3 is 2.79 bits per heavy atom. The van der Waals surface area contributed by atoms with Gasteiger partial charge in [0, 0.05) is 17.6 Å². The summed E-state index contributed by atoms with van der Waals surface area (Å²) in [5, 5.41) is 15.9. The second-order valence-electron chi connectivity index (χ2n) is 7.19. The molecule has 1 aromatic heterocycles. The van der Waals surface area contributed by atoms with Crippen LogP contribution in [-0.4, -0.2) is 31.5 Å². The molecule has 1 aromatic carbocycles. The maximum Gasteiger partial charge on any atom is 0.283 e. The largest absolute Gasteiger partial charge is 0.317 e. The minimum absolute atomic E-state index is 0.0758. The van der Waals surface area contributed by atoms with Crippen molar-refractivity contribution in [3.05, 3.63) is 58.9 Å². The van der Waals surface area contributed by atoms with E-state index < -0.39 is 5.91 Å². The molecule has 2 aliphatic rings. The van der Waals surface area contributed by atoms with Crippen LogP contribution in [-0.2, 0) is 4.79 Å². The van der Waals surface area contributed by atoms with Crippen LogP contribution in [0, 0.1) is 19.3 Å². The summed E-state index contributed by atoms with van der Waals surface area (Å²) in [5.41, 5.74) is 4.52. The lowest BCUT2D eigenvalue weighted by Gasteiger charge is -2.20. The number of amides is 1. The summed E-state index contributed by atoms with van der Waals surface area (Å²) < 4.78 is 2.01. The van der Waals surface area contributed by atoms with Gasteiger partial charge in [-0.25, -0.2) is 0 Å². The number of benzene rings is 1. The Hall–Kier alpha value is -2.93. The van der Waals surface area contributed by atoms with Gasteiger partial charge in [-0.1, -0.05) is 19.4 Å². The Kier molecular flexibility index (Phi) is 5.24. The lowest BCUT2D eigenvalue weighted by atomic mass is 10.1. The summed E-state index contributed by atoms with van der Waals surface area (Å²) >= 11 is 1.39. The number of rotatable bonds is 5. The Morgan fingerprint density at radius 1 is 1.21 bits per heavy atom. The number of nitrogens with zero attached hydrogens (tertiary/aromatic N) is 4. The molecule has 4 rings (SSSR count). The zero-order valence-corrected chi connectivity index (χ0v) is 17.6. The van der Waals surface area contributed by atoms with E-state index in [9.17, 15) is 4.79 Å². The molecule has 0 fully saturated rings. The van der Waals surface area contributed by atoms with E-state index in [1.165, 1.54) is 27.9 Å². The topological polar surface area (TPSA) is 73.8 Å². The quantitative estimate of drug-likeness (QED) is 0.719. The number of amidine groups is 2. The summed E-state index contributed by atoms with van der Waals surface area (Å²) in [7, 11) is 0. The average molecular weight is 406 g/mol. The average Bonchev–Trinajstić information content (AvgIpc) is 3.32. The normalized spacial score (nSPS) is 17.6. The van der Waals surface area contributed by atoms with Gasteiger partial charge in [-0.15, -0.1) is 0 Å². The minimum Gasteiger partial charge on any atom is -0.317 e. The molecule has 0 unspecified atom stereocenters. The van der Waals surface area contributed by atoms with Crippen molar-refractivity contribution < 1.29 is 4.79 Å². The Bertz CT molecular complexity index is 1090. The highest BCUT2D eigenvalue weighted by molar-refractivity contribution is 8.26. The first-order chi connectivity index (χ1) is 14.0. The lowest BCUT2D eigenvalue weighted by Crippen LogP contribution is -2.35. The number of aromatic nitrogens is 1. The molecule has 29 heavy (non-hydrogen) atoms. The van der Waals surface area contributed by atoms with Gasteiger partial charge in [-0.2, -0.15) is 15.1 Å². The third-order valence-corrected chi connectivity index (χ3v) is 6.05. The number of fused-ring (bicyclic) bond motifs is 1. The number of unbranched alkanes of at least 4 members (excludes halogenated alkanes) is 1. The first kappa shape index (κ1) is 19.4. The zero-order valence-electron chi connectivity index (χ0n) is 16.8. The molecule has 2 aliphatic heterocycles. The van der Waals surface area contributed by atoms with Gasteiger partial charge in [0.05, 0.1) is 5.57 Å². The zero-order chi connectivity index (χ0) is 20.5. The second-order valence-corrected chi connectivity index (χ2v) is 8.23. The Morgan fingerprint density at radius 2 is 2.03 bits per heavy atom. The molecule has 1 N–H and O–H groups in total. The van der Waals surface area contributed by atoms with Crippen LogP contribution in [0.15, 0.2) is 52.2 Å². The number of hydrogen-bond donors (Lipinski definition) is 1. The fourth-order valence-electron chi connectivity index (χ4n) is 3.23. The number of aliphatic imine (C=N–C) groups is 1. The van der Waals surface area contributed by atoms with Gasteiger partial charge >= 0.3 is 0 Å². The Labute approximate surface area is 174 Å². The highest BCUT2D eigenvalue weighted by atomic mass is 32.2. The first-order valence-corrected chi connectivity index (χ1v) is 10.5. The molecule has 7 heteroatoms. The molecule has 0 aliphatic carbocycles. The van der Waals surface area contributed by atoms with Crippen LogP contribution in [0.25, 0.3) is 11.8 Å². The molecule has 0 atom stereocenters. The van der Waals surface area contributed by atoms with Crippen LogP contribution in [0.3, 0.4) is 0 Å². The number of carbonyl (C=O) groups excluding carboxylic acids is 1. The molecule has 0 spiro atoms. The third-order valence-electron chi connectivity index (χ3n) is 5.08. The molecule has 1 amide bonds. The van der Waals surface area contributed by atoms with Crippen molar-refractivity contribution in [1.29, 1.82) is 5.41 Å². The number of thioether (sulfide) groups is 1. The summed E-state index contributed by atoms with van der Waals surface area (Å²) in [4.78, 5) is 16.8. The van der Waals surface area contributed by atoms with Crippen LogP contribution in [0.4, 0.5) is 0 Å². The first-order valence-electron chi connectivity index (χ1n) is 9.72. The Balaban J connectivity index is 1.67. The van der Waals surface area contributed by atoms with Gasteiger partial charge in [-0.3, -0.25) is 10.2 Å². The fraction of sp³-hybridized carbons (Fsp3) is 0.273. The predicted molar refractivity (Wildman–Crippen MR) is 120 cm³/mol. The van der Waals surface area contributed by atoms with Crippen LogP contribution in [0.2, 0.25) is 0 Å². The van der Waals surface area contributed by atoms with Gasteiger partial charge in [-0.05, 0) is 79.9 Å². The van der Waals surface area contributed by atoms with Crippen molar-refractivity contribution in [3.8, 4) is 5.69 Å². The van der Waals surface area contributed by atoms with Gasteiger partial charge in [0.25, 0.3) is 5.91 Å². The van der Waals surface area contributed by atoms with Gasteiger partial charge in [0.2, 0.25) is 5.17 Å². The van der Waals surface area contributed by atoms with E-state index in [1.54, 1.807) is 6.08 Å². The summed E-state index contributed by atoms with van der Waals surface area (Å²) in [6.45, 7) is 6.29. The molecule has 0 saturated heterocycles. The molecule has 2 aromatic rings. The van der Waals surface area contributed by atoms with E-state index >= 15 is 0 Å². The SMILES string of the molecule is CCCCC1=NN2C(=N)/C(=C/c3cccn3-c3ccc(C)c(C)c3)C(=O)N=C2S1. The minimum atomic E-state index is -0.395. The molecule has 0 saturated carbocycles. The lowest BCUT2D eigenvalue weighted by molar-refractivity contribution is -0.114. The number of hydrogen-bond acceptors (Lipinski definition) is 4. The van der Waals surface area contributed by atoms with E-state index in [0.717, 1.165) is 35.7 Å². The van der Waals surface area contributed by atoms with E-state index in [0.29, 0.717) is 5.17 Å². The molecule has 148 valence electrons. The van der Waals surface area contributed by atoms with Crippen molar-refractivity contribution in [3.63, 3.8) is 0 Å². The van der Waals surface area contributed by atoms with Crippen molar-refractivity contribution in [2.75, 3.05) is 0 Å². The fourth-order valence-corrected chi connectivity index (χ4v) is 4.16. The second kappa shape index (κ2) is 7.83. The van der Waals surface area contributed by atoms with Gasteiger partial charge < -0.3 is 4.57 Å². The maximum absolute atomic E-state index is 12.6. The smallest absolute Gasteiger partial charge is 0.283 e. The van der Waals surface area contributed by atoms with Crippen molar-refractivity contribution in [2.24, 2.45) is 10.1 Å². The number of hydrazone groups is 1. The molecule has 0 bridgehead atoms. The molecular weight excluding hydrogens is 382 g/mol. The van der Waals surface area contributed by atoms with E-state index in [-0.39, 0.29) is 11.4 Å². The third kappa shape index (κ3) is 3.70. The maximum atomic E-state index is 12.6. The highest BCUT2D eigenvalue weighted by Crippen LogP contribution is 2.30. The van der Waals surface area contributed by atoms with E-state index in [4.69, 9.17) is 5.41 Å².